The molecule has 0 saturated carbocycles. The molecule has 2 nitrogen and oxygen atoms in total. The molecule has 8 heavy (non-hydrogen) atoms. The normalized spacial score (nSPS) is 13.9. The van der Waals surface area contributed by atoms with Crippen LogP contribution in [-0.2, 0) is 0 Å². The van der Waals surface area contributed by atoms with E-state index in [1.165, 1.54) is 0 Å². The maximum atomic E-state index is 5.38. The fourth-order valence-corrected chi connectivity index (χ4v) is 0.551. The highest BCUT2D eigenvalue weighted by Gasteiger charge is 1.90. The Balaban J connectivity index is 2.72. The van der Waals surface area contributed by atoms with E-state index in [2.05, 4.69) is 6.92 Å². The van der Waals surface area contributed by atoms with Crippen molar-refractivity contribution in [2.24, 2.45) is 11.5 Å². The summed E-state index contributed by atoms with van der Waals surface area (Å²) in [6.07, 6.45) is 3.18. The smallest absolute Gasteiger partial charge is 0.00394 e. The van der Waals surface area contributed by atoms with Crippen LogP contribution >= 0.6 is 0 Å². The molecule has 0 amide bonds. The molecule has 0 bridgehead atoms. The van der Waals surface area contributed by atoms with Crippen molar-refractivity contribution >= 4 is 0 Å². The van der Waals surface area contributed by atoms with Crippen molar-refractivity contribution in [3.8, 4) is 0 Å². The van der Waals surface area contributed by atoms with Crippen LogP contribution in [-0.4, -0.2) is 12.6 Å². The quantitative estimate of drug-likeness (QED) is 0.517. The molecule has 0 aliphatic rings. The molecule has 0 aromatic carbocycles. The standard InChI is InChI=1S/C6H15N2/c1-6(8)4-2-3-5-7/h6H,1-5,7-8H2. The van der Waals surface area contributed by atoms with E-state index in [4.69, 9.17) is 11.5 Å². The molecule has 0 heterocycles. The third-order valence-electron chi connectivity index (χ3n) is 1.03. The van der Waals surface area contributed by atoms with Gasteiger partial charge in [0.15, 0.2) is 0 Å². The Bertz CT molecular complexity index is 43.8. The molecule has 1 atom stereocenters. The topological polar surface area (TPSA) is 52.0 Å². The van der Waals surface area contributed by atoms with Crippen LogP contribution in [0.4, 0.5) is 0 Å². The minimum atomic E-state index is 0.0987. The zero-order valence-electron chi connectivity index (χ0n) is 5.27. The molecule has 2 heteroatoms. The van der Waals surface area contributed by atoms with Crippen LogP contribution in [0.1, 0.15) is 19.3 Å². The fraction of sp³-hybridized carbons (Fsp3) is 0.833. The summed E-state index contributed by atoms with van der Waals surface area (Å²) in [6, 6.07) is 0.0987. The van der Waals surface area contributed by atoms with E-state index in [9.17, 15) is 0 Å². The van der Waals surface area contributed by atoms with Crippen molar-refractivity contribution in [3.63, 3.8) is 0 Å². The zero-order chi connectivity index (χ0) is 6.41. The van der Waals surface area contributed by atoms with Gasteiger partial charge in [0.2, 0.25) is 0 Å². The second-order valence-corrected chi connectivity index (χ2v) is 2.04. The summed E-state index contributed by atoms with van der Waals surface area (Å²) >= 11 is 0. The van der Waals surface area contributed by atoms with Crippen LogP contribution in [0.15, 0.2) is 0 Å². The Labute approximate surface area is 51.2 Å². The van der Waals surface area contributed by atoms with Crippen LogP contribution in [0, 0.1) is 6.92 Å². The predicted molar refractivity (Wildman–Crippen MR) is 36.2 cm³/mol. The van der Waals surface area contributed by atoms with Crippen molar-refractivity contribution < 1.29 is 0 Å². The molecule has 0 rings (SSSR count). The molecule has 0 fully saturated rings. The van der Waals surface area contributed by atoms with Gasteiger partial charge in [0.25, 0.3) is 0 Å². The van der Waals surface area contributed by atoms with Gasteiger partial charge in [0, 0.05) is 6.04 Å². The van der Waals surface area contributed by atoms with Gasteiger partial charge < -0.3 is 11.5 Å². The summed E-state index contributed by atoms with van der Waals surface area (Å²) in [5.74, 6) is 0. The maximum absolute atomic E-state index is 5.38. The van der Waals surface area contributed by atoms with Gasteiger partial charge >= 0.3 is 0 Å². The van der Waals surface area contributed by atoms with E-state index in [1.54, 1.807) is 0 Å². The maximum Gasteiger partial charge on any atom is 0.00394 e. The van der Waals surface area contributed by atoms with E-state index in [0.29, 0.717) is 0 Å². The lowest BCUT2D eigenvalue weighted by Crippen LogP contribution is -2.15. The largest absolute Gasteiger partial charge is 0.330 e. The Morgan fingerprint density at radius 3 is 2.38 bits per heavy atom. The number of unbranched alkanes of at least 4 members (excludes halogenated alkanes) is 1. The van der Waals surface area contributed by atoms with Crippen LogP contribution in [0.3, 0.4) is 0 Å². The molecular weight excluding hydrogens is 100 g/mol. The van der Waals surface area contributed by atoms with Crippen LogP contribution in [0.5, 0.6) is 0 Å². The lowest BCUT2D eigenvalue weighted by molar-refractivity contribution is 0.634. The summed E-state index contributed by atoms with van der Waals surface area (Å²) in [6.45, 7) is 4.42. The van der Waals surface area contributed by atoms with Gasteiger partial charge in [-0.25, -0.2) is 0 Å². The molecule has 49 valence electrons. The van der Waals surface area contributed by atoms with E-state index in [-0.39, 0.29) is 6.04 Å². The van der Waals surface area contributed by atoms with Crippen LogP contribution in [0.25, 0.3) is 0 Å². The first-order valence-electron chi connectivity index (χ1n) is 3.06. The van der Waals surface area contributed by atoms with E-state index in [1.807, 2.05) is 0 Å². The van der Waals surface area contributed by atoms with Crippen molar-refractivity contribution in [1.82, 2.24) is 0 Å². The molecule has 1 radical (unpaired) electrons. The summed E-state index contributed by atoms with van der Waals surface area (Å²) in [4.78, 5) is 0. The number of hydrogen-bond donors (Lipinski definition) is 2. The number of hydrogen-bond acceptors (Lipinski definition) is 2. The molecule has 4 N–H and O–H groups in total. The highest BCUT2D eigenvalue weighted by Crippen LogP contribution is 1.94. The fourth-order valence-electron chi connectivity index (χ4n) is 0.551. The Hall–Kier alpha value is -0.0800. The third kappa shape index (κ3) is 5.92. The van der Waals surface area contributed by atoms with Crippen LogP contribution < -0.4 is 11.5 Å². The number of rotatable bonds is 4. The Morgan fingerprint density at radius 2 is 2.00 bits per heavy atom. The number of nitrogens with two attached hydrogens (primary N) is 2. The first-order valence-corrected chi connectivity index (χ1v) is 3.06. The van der Waals surface area contributed by atoms with Gasteiger partial charge in [-0.1, -0.05) is 6.42 Å². The lowest BCUT2D eigenvalue weighted by atomic mass is 10.1. The molecule has 0 spiro atoms. The molecule has 0 aromatic rings. The summed E-state index contributed by atoms with van der Waals surface area (Å²) in [7, 11) is 0. The monoisotopic (exact) mass is 115 g/mol. The second-order valence-electron chi connectivity index (χ2n) is 2.04. The zero-order valence-corrected chi connectivity index (χ0v) is 5.27. The van der Waals surface area contributed by atoms with Crippen molar-refractivity contribution in [3.05, 3.63) is 6.92 Å². The van der Waals surface area contributed by atoms with Crippen molar-refractivity contribution in [2.45, 2.75) is 25.3 Å². The molecule has 1 unspecified atom stereocenters. The van der Waals surface area contributed by atoms with Gasteiger partial charge in [-0.3, -0.25) is 0 Å². The van der Waals surface area contributed by atoms with Gasteiger partial charge in [0.1, 0.15) is 0 Å². The summed E-state index contributed by atoms with van der Waals surface area (Å²) in [5.41, 5.74) is 10.6. The molecular formula is C6H15N2. The SMILES string of the molecule is [CH2]C(N)CCCCN. The third-order valence-corrected chi connectivity index (χ3v) is 1.03. The minimum Gasteiger partial charge on any atom is -0.330 e. The highest BCUT2D eigenvalue weighted by molar-refractivity contribution is 4.61. The van der Waals surface area contributed by atoms with Crippen LogP contribution in [0.2, 0.25) is 0 Å². The summed E-state index contributed by atoms with van der Waals surface area (Å²) in [5, 5.41) is 0. The van der Waals surface area contributed by atoms with E-state index < -0.39 is 0 Å². The van der Waals surface area contributed by atoms with Crippen molar-refractivity contribution in [1.29, 1.82) is 0 Å². The summed E-state index contributed by atoms with van der Waals surface area (Å²) < 4.78 is 0. The van der Waals surface area contributed by atoms with E-state index in [0.717, 1.165) is 25.8 Å². The van der Waals surface area contributed by atoms with E-state index >= 15 is 0 Å². The predicted octanol–water partition coefficient (Wildman–Crippen LogP) is 0.277. The average molecular weight is 115 g/mol. The average Bonchev–Trinajstić information content (AvgIpc) is 1.66. The molecule has 0 aliphatic heterocycles. The van der Waals surface area contributed by atoms with Gasteiger partial charge in [-0.15, -0.1) is 0 Å². The molecule has 0 saturated heterocycles. The molecule has 0 aromatic heterocycles. The van der Waals surface area contributed by atoms with Gasteiger partial charge in [-0.05, 0) is 26.3 Å². The highest BCUT2D eigenvalue weighted by atomic mass is 14.6. The first-order chi connectivity index (χ1) is 3.77. The lowest BCUT2D eigenvalue weighted by Gasteiger charge is -2.00. The van der Waals surface area contributed by atoms with Gasteiger partial charge in [0.05, 0.1) is 0 Å². The van der Waals surface area contributed by atoms with Gasteiger partial charge in [-0.2, -0.15) is 0 Å². The second kappa shape index (κ2) is 5.06. The Kier molecular flexibility index (Phi) is 5.01. The Morgan fingerprint density at radius 1 is 1.38 bits per heavy atom. The minimum absolute atomic E-state index is 0.0987. The first kappa shape index (κ1) is 7.92. The van der Waals surface area contributed by atoms with Crippen molar-refractivity contribution in [2.75, 3.05) is 6.54 Å². The molecule has 0 aliphatic carbocycles.